The van der Waals surface area contributed by atoms with E-state index in [1.165, 1.54) is 49.2 Å². The summed E-state index contributed by atoms with van der Waals surface area (Å²) in [4.78, 5) is 2.52. The van der Waals surface area contributed by atoms with Gasteiger partial charge in [0.2, 0.25) is 0 Å². The highest BCUT2D eigenvalue weighted by molar-refractivity contribution is 6.17. The van der Waals surface area contributed by atoms with Gasteiger partial charge in [-0.2, -0.15) is 0 Å². The molecule has 0 spiro atoms. The predicted molar refractivity (Wildman–Crippen MR) is 76.0 cm³/mol. The zero-order valence-corrected chi connectivity index (χ0v) is 11.6. The average molecular weight is 252 g/mol. The summed E-state index contributed by atoms with van der Waals surface area (Å²) in [6.45, 7) is 6.88. The number of halogens is 1. The molecule has 1 unspecified atom stereocenters. The van der Waals surface area contributed by atoms with Crippen LogP contribution in [-0.2, 0) is 5.88 Å². The quantitative estimate of drug-likeness (QED) is 0.719. The summed E-state index contributed by atoms with van der Waals surface area (Å²) in [5.41, 5.74) is 3.94. The van der Waals surface area contributed by atoms with Crippen molar-refractivity contribution in [3.05, 3.63) is 29.3 Å². The summed E-state index contributed by atoms with van der Waals surface area (Å²) >= 11 is 5.90. The Morgan fingerprint density at radius 3 is 2.88 bits per heavy atom. The molecule has 0 aromatic heterocycles. The fourth-order valence-corrected chi connectivity index (χ4v) is 3.04. The van der Waals surface area contributed by atoms with E-state index in [0.29, 0.717) is 5.88 Å². The van der Waals surface area contributed by atoms with E-state index in [1.54, 1.807) is 0 Å². The highest BCUT2D eigenvalue weighted by Gasteiger charge is 2.21. The first-order valence-corrected chi connectivity index (χ1v) is 7.18. The van der Waals surface area contributed by atoms with Crippen LogP contribution < -0.4 is 4.90 Å². The van der Waals surface area contributed by atoms with Crippen LogP contribution in [0.5, 0.6) is 0 Å². The first-order valence-electron chi connectivity index (χ1n) is 6.65. The smallest absolute Gasteiger partial charge is 0.0476 e. The summed E-state index contributed by atoms with van der Waals surface area (Å²) in [7, 11) is 0. The van der Waals surface area contributed by atoms with Crippen LogP contribution in [-0.4, -0.2) is 13.1 Å². The Hall–Kier alpha value is -0.690. The van der Waals surface area contributed by atoms with Crippen molar-refractivity contribution in [1.82, 2.24) is 0 Å². The molecular formula is C15H22ClN. The Balaban J connectivity index is 2.06. The molecule has 1 aromatic carbocycles. The molecule has 1 heterocycles. The lowest BCUT2D eigenvalue weighted by molar-refractivity contribution is 0.530. The number of hydrogen-bond donors (Lipinski definition) is 0. The summed E-state index contributed by atoms with van der Waals surface area (Å²) in [5, 5.41) is 0. The maximum absolute atomic E-state index is 5.90. The Morgan fingerprint density at radius 1 is 1.41 bits per heavy atom. The molecule has 1 nitrogen and oxygen atoms in total. The largest absolute Gasteiger partial charge is 0.371 e. The summed E-state index contributed by atoms with van der Waals surface area (Å²) in [6, 6.07) is 6.68. The van der Waals surface area contributed by atoms with E-state index in [1.807, 2.05) is 0 Å². The molecule has 0 amide bonds. The summed E-state index contributed by atoms with van der Waals surface area (Å²) in [6.07, 6.45) is 4.03. The third-order valence-corrected chi connectivity index (χ3v) is 4.11. The lowest BCUT2D eigenvalue weighted by atomic mass is 10.0. The fraction of sp³-hybridized carbons (Fsp3) is 0.600. The van der Waals surface area contributed by atoms with E-state index < -0.39 is 0 Å². The lowest BCUT2D eigenvalue weighted by Crippen LogP contribution is -2.19. The first kappa shape index (κ1) is 12.8. The molecule has 17 heavy (non-hydrogen) atoms. The zero-order valence-electron chi connectivity index (χ0n) is 10.9. The number of nitrogens with zero attached hydrogens (tertiary/aromatic N) is 1. The Bertz CT molecular complexity index is 375. The molecule has 0 aliphatic carbocycles. The molecule has 1 aliphatic rings. The van der Waals surface area contributed by atoms with Crippen LogP contribution in [0, 0.1) is 12.8 Å². The minimum absolute atomic E-state index is 0.616. The normalized spacial score (nSPS) is 19.9. The molecule has 1 fully saturated rings. The predicted octanol–water partition coefficient (Wildman–Crippen LogP) is 4.36. The fourth-order valence-electron chi connectivity index (χ4n) is 2.74. The Morgan fingerprint density at radius 2 is 2.24 bits per heavy atom. The minimum Gasteiger partial charge on any atom is -0.371 e. The molecule has 0 N–H and O–H groups in total. The van der Waals surface area contributed by atoms with Crippen molar-refractivity contribution in [2.75, 3.05) is 18.0 Å². The van der Waals surface area contributed by atoms with Gasteiger partial charge in [-0.1, -0.05) is 19.4 Å². The van der Waals surface area contributed by atoms with Crippen LogP contribution in [0.3, 0.4) is 0 Å². The molecule has 1 saturated heterocycles. The van der Waals surface area contributed by atoms with E-state index in [4.69, 9.17) is 11.6 Å². The average Bonchev–Trinajstić information content (AvgIpc) is 2.78. The van der Waals surface area contributed by atoms with Gasteiger partial charge >= 0.3 is 0 Å². The molecule has 1 aliphatic heterocycles. The number of anilines is 1. The van der Waals surface area contributed by atoms with Crippen LogP contribution in [0.25, 0.3) is 0 Å². The highest BCUT2D eigenvalue weighted by atomic mass is 35.5. The molecule has 2 heteroatoms. The van der Waals surface area contributed by atoms with Gasteiger partial charge in [-0.05, 0) is 48.9 Å². The van der Waals surface area contributed by atoms with Crippen LogP contribution in [0.2, 0.25) is 0 Å². The molecular weight excluding hydrogens is 230 g/mol. The maximum atomic E-state index is 5.90. The summed E-state index contributed by atoms with van der Waals surface area (Å²) in [5.74, 6) is 1.51. The number of hydrogen-bond acceptors (Lipinski definition) is 1. The van der Waals surface area contributed by atoms with Gasteiger partial charge in [0.05, 0.1) is 0 Å². The van der Waals surface area contributed by atoms with Crippen LogP contribution >= 0.6 is 11.6 Å². The van der Waals surface area contributed by atoms with E-state index in [2.05, 4.69) is 36.9 Å². The van der Waals surface area contributed by atoms with Gasteiger partial charge in [-0.3, -0.25) is 0 Å². The lowest BCUT2D eigenvalue weighted by Gasteiger charge is -2.20. The highest BCUT2D eigenvalue weighted by Crippen LogP contribution is 2.28. The minimum atomic E-state index is 0.616. The Labute approximate surface area is 110 Å². The van der Waals surface area contributed by atoms with E-state index in [-0.39, 0.29) is 0 Å². The molecule has 1 aromatic rings. The number of benzene rings is 1. The monoisotopic (exact) mass is 251 g/mol. The third kappa shape index (κ3) is 2.95. The first-order chi connectivity index (χ1) is 8.24. The second-order valence-corrected chi connectivity index (χ2v) is 5.40. The van der Waals surface area contributed by atoms with Gasteiger partial charge in [-0.15, -0.1) is 11.6 Å². The standard InChI is InChI=1S/C15H22ClN/c1-3-4-13-7-8-17(11-13)15-6-5-14(10-16)12(2)9-15/h5-6,9,13H,3-4,7-8,10-11H2,1-2H3. The zero-order chi connectivity index (χ0) is 12.3. The molecule has 0 radical (unpaired) electrons. The maximum Gasteiger partial charge on any atom is 0.0476 e. The second kappa shape index (κ2) is 5.77. The second-order valence-electron chi connectivity index (χ2n) is 5.13. The van der Waals surface area contributed by atoms with E-state index in [0.717, 1.165) is 5.92 Å². The number of rotatable bonds is 4. The van der Waals surface area contributed by atoms with E-state index >= 15 is 0 Å². The van der Waals surface area contributed by atoms with Gasteiger partial charge in [0.1, 0.15) is 0 Å². The summed E-state index contributed by atoms with van der Waals surface area (Å²) < 4.78 is 0. The van der Waals surface area contributed by atoms with Gasteiger partial charge in [-0.25, -0.2) is 0 Å². The Kier molecular flexibility index (Phi) is 4.33. The van der Waals surface area contributed by atoms with Crippen molar-refractivity contribution in [2.24, 2.45) is 5.92 Å². The van der Waals surface area contributed by atoms with Crippen LogP contribution in [0.1, 0.15) is 37.3 Å². The van der Waals surface area contributed by atoms with Crippen molar-refractivity contribution in [3.63, 3.8) is 0 Å². The van der Waals surface area contributed by atoms with E-state index in [9.17, 15) is 0 Å². The SMILES string of the molecule is CCCC1CCN(c2ccc(CCl)c(C)c2)C1. The van der Waals surface area contributed by atoms with Crippen LogP contribution in [0.4, 0.5) is 5.69 Å². The molecule has 0 bridgehead atoms. The van der Waals surface area contributed by atoms with Gasteiger partial charge in [0, 0.05) is 24.7 Å². The number of alkyl halides is 1. The topological polar surface area (TPSA) is 3.24 Å². The van der Waals surface area contributed by atoms with Crippen molar-refractivity contribution >= 4 is 17.3 Å². The third-order valence-electron chi connectivity index (χ3n) is 3.82. The molecule has 2 rings (SSSR count). The van der Waals surface area contributed by atoms with Crippen molar-refractivity contribution in [3.8, 4) is 0 Å². The van der Waals surface area contributed by atoms with Crippen LogP contribution in [0.15, 0.2) is 18.2 Å². The molecule has 0 saturated carbocycles. The van der Waals surface area contributed by atoms with Gasteiger partial charge in [0.25, 0.3) is 0 Å². The van der Waals surface area contributed by atoms with Crippen molar-refractivity contribution < 1.29 is 0 Å². The van der Waals surface area contributed by atoms with Gasteiger partial charge < -0.3 is 4.90 Å². The van der Waals surface area contributed by atoms with Gasteiger partial charge in [0.15, 0.2) is 0 Å². The van der Waals surface area contributed by atoms with Crippen molar-refractivity contribution in [1.29, 1.82) is 0 Å². The molecule has 1 atom stereocenters. The number of aryl methyl sites for hydroxylation is 1. The van der Waals surface area contributed by atoms with Crippen molar-refractivity contribution in [2.45, 2.75) is 39.0 Å². The molecule has 94 valence electrons.